The van der Waals surface area contributed by atoms with Crippen LogP contribution >= 0.6 is 0 Å². The Labute approximate surface area is 111 Å². The van der Waals surface area contributed by atoms with Crippen molar-refractivity contribution in [3.63, 3.8) is 0 Å². The lowest BCUT2D eigenvalue weighted by molar-refractivity contribution is -0.149. The molecule has 5 heteroatoms. The zero-order valence-electron chi connectivity index (χ0n) is 11.1. The number of hydrogen-bond donors (Lipinski definition) is 1. The molecular formula is C14H19F3N2. The highest BCUT2D eigenvalue weighted by atomic mass is 19.4. The lowest BCUT2D eigenvalue weighted by Gasteiger charge is -2.40. The molecule has 106 valence electrons. The molecule has 0 spiro atoms. The molecule has 2 rings (SSSR count). The van der Waals surface area contributed by atoms with E-state index in [1.165, 1.54) is 11.9 Å². The van der Waals surface area contributed by atoms with E-state index in [1.807, 2.05) is 31.2 Å². The molecule has 1 aromatic rings. The van der Waals surface area contributed by atoms with Gasteiger partial charge in [-0.05, 0) is 30.5 Å². The maximum atomic E-state index is 12.5. The van der Waals surface area contributed by atoms with Gasteiger partial charge in [0.2, 0.25) is 0 Å². The predicted octanol–water partition coefficient (Wildman–Crippen LogP) is 3.06. The molecule has 1 aliphatic carbocycles. The van der Waals surface area contributed by atoms with Crippen molar-refractivity contribution in [2.75, 3.05) is 13.6 Å². The van der Waals surface area contributed by atoms with Gasteiger partial charge in [0.1, 0.15) is 0 Å². The molecule has 2 nitrogen and oxygen atoms in total. The van der Waals surface area contributed by atoms with Crippen LogP contribution in [0.15, 0.2) is 24.3 Å². The molecule has 0 heterocycles. The number of fused-ring (bicyclic) bond motifs is 1. The number of alkyl halides is 3. The van der Waals surface area contributed by atoms with E-state index in [2.05, 4.69) is 0 Å². The summed E-state index contributed by atoms with van der Waals surface area (Å²) in [5.74, 6) is 0.233. The predicted molar refractivity (Wildman–Crippen MR) is 68.9 cm³/mol. The molecule has 3 atom stereocenters. The second-order valence-corrected chi connectivity index (χ2v) is 5.39. The van der Waals surface area contributed by atoms with Gasteiger partial charge in [0.15, 0.2) is 0 Å². The minimum atomic E-state index is -4.19. The van der Waals surface area contributed by atoms with Gasteiger partial charge in [-0.1, -0.05) is 31.2 Å². The molecule has 0 aliphatic heterocycles. The highest BCUT2D eigenvalue weighted by molar-refractivity contribution is 5.36. The van der Waals surface area contributed by atoms with Crippen LogP contribution in [0.1, 0.15) is 36.4 Å². The number of likely N-dealkylation sites (N-methyl/N-ethyl adjacent to an activating group) is 1. The third-order valence-electron chi connectivity index (χ3n) is 3.89. The normalized spacial score (nSPS) is 27.4. The minimum absolute atomic E-state index is 0.233. The van der Waals surface area contributed by atoms with E-state index in [1.54, 1.807) is 0 Å². The monoisotopic (exact) mass is 272 g/mol. The first-order valence-electron chi connectivity index (χ1n) is 6.41. The van der Waals surface area contributed by atoms with E-state index in [4.69, 9.17) is 5.73 Å². The molecule has 0 aromatic heterocycles. The molecule has 0 fully saturated rings. The van der Waals surface area contributed by atoms with E-state index in [0.29, 0.717) is 6.42 Å². The zero-order chi connectivity index (χ0) is 14.2. The average molecular weight is 272 g/mol. The molecule has 1 aliphatic rings. The summed E-state index contributed by atoms with van der Waals surface area (Å²) < 4.78 is 37.5. The van der Waals surface area contributed by atoms with E-state index >= 15 is 0 Å². The van der Waals surface area contributed by atoms with E-state index in [9.17, 15) is 13.2 Å². The van der Waals surface area contributed by atoms with E-state index in [0.717, 1.165) is 11.1 Å². The van der Waals surface area contributed by atoms with Crippen molar-refractivity contribution in [1.82, 2.24) is 4.90 Å². The Kier molecular flexibility index (Phi) is 3.87. The van der Waals surface area contributed by atoms with Crippen LogP contribution in [0, 0.1) is 0 Å². The third kappa shape index (κ3) is 3.09. The van der Waals surface area contributed by atoms with E-state index in [-0.39, 0.29) is 18.0 Å². The number of nitrogens with two attached hydrogens (primary N) is 1. The molecule has 0 saturated carbocycles. The highest BCUT2D eigenvalue weighted by Crippen LogP contribution is 2.38. The van der Waals surface area contributed by atoms with Crippen molar-refractivity contribution in [2.24, 2.45) is 5.73 Å². The summed E-state index contributed by atoms with van der Waals surface area (Å²) >= 11 is 0. The summed E-state index contributed by atoms with van der Waals surface area (Å²) in [4.78, 5) is 1.33. The number of nitrogens with zero attached hydrogens (tertiary/aromatic N) is 1. The summed E-state index contributed by atoms with van der Waals surface area (Å²) in [5, 5.41) is 0. The minimum Gasteiger partial charge on any atom is -0.323 e. The van der Waals surface area contributed by atoms with Gasteiger partial charge in [0.25, 0.3) is 0 Å². The molecule has 2 N–H and O–H groups in total. The Bertz CT molecular complexity index is 445. The number of rotatable bonds is 2. The lowest BCUT2D eigenvalue weighted by Crippen LogP contribution is -2.47. The van der Waals surface area contributed by atoms with Gasteiger partial charge in [-0.2, -0.15) is 13.2 Å². The summed E-state index contributed by atoms with van der Waals surface area (Å²) in [6.45, 7) is 1.12. The SMILES string of the molecule is CC1CC(N(C)CC(F)(F)F)C(N)c2ccccc21. The molecule has 0 radical (unpaired) electrons. The summed E-state index contributed by atoms with van der Waals surface area (Å²) in [6.07, 6.45) is -3.53. The Balaban J connectivity index is 2.22. The van der Waals surface area contributed by atoms with Gasteiger partial charge in [0, 0.05) is 12.1 Å². The quantitative estimate of drug-likeness (QED) is 0.896. The van der Waals surface area contributed by atoms with Crippen molar-refractivity contribution in [3.05, 3.63) is 35.4 Å². The van der Waals surface area contributed by atoms with Crippen molar-refractivity contribution >= 4 is 0 Å². The van der Waals surface area contributed by atoms with Crippen LogP contribution in [0.4, 0.5) is 13.2 Å². The largest absolute Gasteiger partial charge is 0.401 e. The van der Waals surface area contributed by atoms with Gasteiger partial charge in [0.05, 0.1) is 6.54 Å². The second kappa shape index (κ2) is 5.13. The summed E-state index contributed by atoms with van der Waals surface area (Å²) in [6, 6.07) is 7.13. The van der Waals surface area contributed by atoms with Crippen molar-refractivity contribution < 1.29 is 13.2 Å². The number of halogens is 3. The molecule has 1 aromatic carbocycles. The van der Waals surface area contributed by atoms with Gasteiger partial charge in [-0.15, -0.1) is 0 Å². The fourth-order valence-electron chi connectivity index (χ4n) is 2.96. The smallest absolute Gasteiger partial charge is 0.323 e. The first kappa shape index (κ1) is 14.3. The van der Waals surface area contributed by atoms with Crippen molar-refractivity contribution in [1.29, 1.82) is 0 Å². The van der Waals surface area contributed by atoms with Crippen molar-refractivity contribution in [3.8, 4) is 0 Å². The van der Waals surface area contributed by atoms with Crippen molar-refractivity contribution in [2.45, 2.75) is 37.5 Å². The zero-order valence-corrected chi connectivity index (χ0v) is 11.1. The number of hydrogen-bond acceptors (Lipinski definition) is 2. The van der Waals surface area contributed by atoms with Crippen LogP contribution in [0.5, 0.6) is 0 Å². The fourth-order valence-corrected chi connectivity index (χ4v) is 2.96. The fraction of sp³-hybridized carbons (Fsp3) is 0.571. The Morgan fingerprint density at radius 1 is 1.26 bits per heavy atom. The van der Waals surface area contributed by atoms with Crippen LogP contribution in [-0.4, -0.2) is 30.7 Å². The highest BCUT2D eigenvalue weighted by Gasteiger charge is 2.37. The first-order chi connectivity index (χ1) is 8.79. The average Bonchev–Trinajstić information content (AvgIpc) is 2.31. The molecule has 0 bridgehead atoms. The molecule has 19 heavy (non-hydrogen) atoms. The van der Waals surface area contributed by atoms with Gasteiger partial charge >= 0.3 is 6.18 Å². The topological polar surface area (TPSA) is 29.3 Å². The Morgan fingerprint density at radius 3 is 2.42 bits per heavy atom. The van der Waals surface area contributed by atoms with Crippen LogP contribution in [-0.2, 0) is 0 Å². The third-order valence-corrected chi connectivity index (χ3v) is 3.89. The van der Waals surface area contributed by atoms with Gasteiger partial charge in [-0.3, -0.25) is 4.90 Å². The summed E-state index contributed by atoms with van der Waals surface area (Å²) in [7, 11) is 1.50. The maximum absolute atomic E-state index is 12.5. The van der Waals surface area contributed by atoms with Crippen LogP contribution < -0.4 is 5.73 Å². The first-order valence-corrected chi connectivity index (χ1v) is 6.41. The van der Waals surface area contributed by atoms with Crippen LogP contribution in [0.3, 0.4) is 0 Å². The van der Waals surface area contributed by atoms with Crippen LogP contribution in [0.25, 0.3) is 0 Å². The summed E-state index contributed by atoms with van der Waals surface area (Å²) in [5.41, 5.74) is 8.29. The maximum Gasteiger partial charge on any atom is 0.401 e. The molecule has 0 amide bonds. The second-order valence-electron chi connectivity index (χ2n) is 5.39. The van der Waals surface area contributed by atoms with Gasteiger partial charge in [-0.25, -0.2) is 0 Å². The molecular weight excluding hydrogens is 253 g/mol. The Morgan fingerprint density at radius 2 is 1.84 bits per heavy atom. The van der Waals surface area contributed by atoms with Gasteiger partial charge < -0.3 is 5.73 Å². The molecule has 3 unspecified atom stereocenters. The number of benzene rings is 1. The Hall–Kier alpha value is -1.07. The van der Waals surface area contributed by atoms with Crippen LogP contribution in [0.2, 0.25) is 0 Å². The van der Waals surface area contributed by atoms with E-state index < -0.39 is 12.7 Å². The standard InChI is InChI=1S/C14H19F3N2/c1-9-7-12(19(2)8-14(15,16)17)13(18)11-6-4-3-5-10(9)11/h3-6,9,12-13H,7-8,18H2,1-2H3. The lowest BCUT2D eigenvalue weighted by atomic mass is 9.78. The molecule has 0 saturated heterocycles.